The first-order valence-electron chi connectivity index (χ1n) is 10.2. The highest BCUT2D eigenvalue weighted by molar-refractivity contribution is 6.01. The molecule has 0 spiro atoms. The number of anilines is 1. The number of aromatic nitrogens is 1. The SMILES string of the molecule is COCCN(CCOC)c1cc(C)nc2c(-c3c(C)cc(C)cc3C)cccc12. The van der Waals surface area contributed by atoms with Gasteiger partial charge >= 0.3 is 0 Å². The number of methoxy groups -OCH3 is 2. The zero-order valence-electron chi connectivity index (χ0n) is 18.5. The maximum Gasteiger partial charge on any atom is 0.0804 e. The van der Waals surface area contributed by atoms with E-state index in [-0.39, 0.29) is 0 Å². The number of hydrogen-bond acceptors (Lipinski definition) is 4. The van der Waals surface area contributed by atoms with Gasteiger partial charge in [0.1, 0.15) is 0 Å². The molecule has 1 aromatic heterocycles. The van der Waals surface area contributed by atoms with Crippen LogP contribution in [0.5, 0.6) is 0 Å². The zero-order valence-corrected chi connectivity index (χ0v) is 18.5. The monoisotopic (exact) mass is 392 g/mol. The molecule has 2 aromatic carbocycles. The summed E-state index contributed by atoms with van der Waals surface area (Å²) >= 11 is 0. The van der Waals surface area contributed by atoms with Gasteiger partial charge < -0.3 is 14.4 Å². The summed E-state index contributed by atoms with van der Waals surface area (Å²) in [7, 11) is 3.48. The fourth-order valence-corrected chi connectivity index (χ4v) is 4.18. The molecule has 0 aliphatic carbocycles. The van der Waals surface area contributed by atoms with Crippen molar-refractivity contribution in [2.75, 3.05) is 45.4 Å². The Morgan fingerprint density at radius 3 is 2.07 bits per heavy atom. The summed E-state index contributed by atoms with van der Waals surface area (Å²) in [6.07, 6.45) is 0. The van der Waals surface area contributed by atoms with Crippen molar-refractivity contribution in [1.29, 1.82) is 0 Å². The van der Waals surface area contributed by atoms with Crippen molar-refractivity contribution >= 4 is 16.6 Å². The normalized spacial score (nSPS) is 11.2. The van der Waals surface area contributed by atoms with Crippen LogP contribution in [-0.2, 0) is 9.47 Å². The van der Waals surface area contributed by atoms with E-state index in [1.807, 2.05) is 0 Å². The van der Waals surface area contributed by atoms with E-state index in [2.05, 4.69) is 69.0 Å². The highest BCUT2D eigenvalue weighted by atomic mass is 16.5. The molecule has 0 unspecified atom stereocenters. The quantitative estimate of drug-likeness (QED) is 0.525. The first kappa shape index (κ1) is 21.3. The van der Waals surface area contributed by atoms with Crippen LogP contribution in [0.15, 0.2) is 36.4 Å². The molecule has 29 heavy (non-hydrogen) atoms. The van der Waals surface area contributed by atoms with Gasteiger partial charge in [-0.2, -0.15) is 0 Å². The molecule has 0 aliphatic rings. The Kier molecular flexibility index (Phi) is 6.88. The molecule has 0 radical (unpaired) electrons. The topological polar surface area (TPSA) is 34.6 Å². The molecule has 0 N–H and O–H groups in total. The molecule has 0 bridgehead atoms. The maximum absolute atomic E-state index is 5.35. The van der Waals surface area contributed by atoms with Gasteiger partial charge in [0, 0.05) is 49.6 Å². The molecule has 3 aromatic rings. The molecule has 0 aliphatic heterocycles. The first-order valence-corrected chi connectivity index (χ1v) is 10.2. The summed E-state index contributed by atoms with van der Waals surface area (Å²) in [5.74, 6) is 0. The van der Waals surface area contributed by atoms with Crippen LogP contribution in [0.3, 0.4) is 0 Å². The van der Waals surface area contributed by atoms with Crippen LogP contribution in [-0.4, -0.2) is 45.5 Å². The lowest BCUT2D eigenvalue weighted by molar-refractivity contribution is 0.190. The molecule has 154 valence electrons. The van der Waals surface area contributed by atoms with Gasteiger partial charge in [0.05, 0.1) is 18.7 Å². The van der Waals surface area contributed by atoms with Gasteiger partial charge in [0.15, 0.2) is 0 Å². The Balaban J connectivity index is 2.22. The lowest BCUT2D eigenvalue weighted by Crippen LogP contribution is -2.31. The number of hydrogen-bond donors (Lipinski definition) is 0. The lowest BCUT2D eigenvalue weighted by atomic mass is 9.92. The zero-order chi connectivity index (χ0) is 21.0. The number of para-hydroxylation sites is 1. The van der Waals surface area contributed by atoms with E-state index in [1.165, 1.54) is 38.9 Å². The average molecular weight is 393 g/mol. The molecule has 4 nitrogen and oxygen atoms in total. The second-order valence-electron chi connectivity index (χ2n) is 7.73. The van der Waals surface area contributed by atoms with Crippen LogP contribution in [0.4, 0.5) is 5.69 Å². The fraction of sp³-hybridized carbons (Fsp3) is 0.400. The number of aryl methyl sites for hydroxylation is 4. The van der Waals surface area contributed by atoms with Crippen LogP contribution in [0, 0.1) is 27.7 Å². The van der Waals surface area contributed by atoms with Crippen molar-refractivity contribution in [1.82, 2.24) is 4.98 Å². The van der Waals surface area contributed by atoms with Gasteiger partial charge in [-0.1, -0.05) is 35.9 Å². The highest BCUT2D eigenvalue weighted by Gasteiger charge is 2.16. The molecule has 0 atom stereocenters. The van der Waals surface area contributed by atoms with Gasteiger partial charge in [-0.25, -0.2) is 0 Å². The Morgan fingerprint density at radius 2 is 1.48 bits per heavy atom. The van der Waals surface area contributed by atoms with Gasteiger partial charge in [-0.3, -0.25) is 4.98 Å². The van der Waals surface area contributed by atoms with E-state index in [0.29, 0.717) is 13.2 Å². The second kappa shape index (κ2) is 9.38. The number of fused-ring (bicyclic) bond motifs is 1. The second-order valence-corrected chi connectivity index (χ2v) is 7.73. The van der Waals surface area contributed by atoms with Crippen molar-refractivity contribution in [2.45, 2.75) is 27.7 Å². The molecule has 3 rings (SSSR count). The maximum atomic E-state index is 5.35. The van der Waals surface area contributed by atoms with Crippen molar-refractivity contribution < 1.29 is 9.47 Å². The van der Waals surface area contributed by atoms with Crippen LogP contribution in [0.1, 0.15) is 22.4 Å². The summed E-state index contributed by atoms with van der Waals surface area (Å²) in [6, 6.07) is 13.2. The van der Waals surface area contributed by atoms with E-state index in [9.17, 15) is 0 Å². The molecule has 4 heteroatoms. The minimum absolute atomic E-state index is 0.669. The summed E-state index contributed by atoms with van der Waals surface area (Å²) in [4.78, 5) is 7.31. The number of rotatable bonds is 8. The van der Waals surface area contributed by atoms with E-state index in [4.69, 9.17) is 14.5 Å². The van der Waals surface area contributed by atoms with E-state index < -0.39 is 0 Å². The predicted octanol–water partition coefficient (Wildman–Crippen LogP) is 5.23. The summed E-state index contributed by atoms with van der Waals surface area (Å²) in [6.45, 7) is 11.6. The average Bonchev–Trinajstić information content (AvgIpc) is 2.67. The van der Waals surface area contributed by atoms with E-state index in [0.717, 1.165) is 24.3 Å². The van der Waals surface area contributed by atoms with Gasteiger partial charge in [-0.15, -0.1) is 0 Å². The molecular weight excluding hydrogens is 360 g/mol. The van der Waals surface area contributed by atoms with Crippen LogP contribution in [0.2, 0.25) is 0 Å². The van der Waals surface area contributed by atoms with Crippen LogP contribution >= 0.6 is 0 Å². The smallest absolute Gasteiger partial charge is 0.0804 e. The largest absolute Gasteiger partial charge is 0.383 e. The number of benzene rings is 2. The molecule has 0 fully saturated rings. The number of ether oxygens (including phenoxy) is 2. The minimum Gasteiger partial charge on any atom is -0.383 e. The van der Waals surface area contributed by atoms with E-state index in [1.54, 1.807) is 14.2 Å². The molecule has 1 heterocycles. The Hall–Kier alpha value is -2.43. The third kappa shape index (κ3) is 4.60. The Bertz CT molecular complexity index is 967. The molecular formula is C25H32N2O2. The van der Waals surface area contributed by atoms with E-state index >= 15 is 0 Å². The Labute approximate surface area is 174 Å². The third-order valence-electron chi connectivity index (χ3n) is 5.36. The minimum atomic E-state index is 0.669. The van der Waals surface area contributed by atoms with Gasteiger partial charge in [0.25, 0.3) is 0 Å². The summed E-state index contributed by atoms with van der Waals surface area (Å²) in [5.41, 5.74) is 9.60. The molecule has 0 saturated carbocycles. The van der Waals surface area contributed by atoms with Crippen LogP contribution in [0.25, 0.3) is 22.0 Å². The molecule has 0 saturated heterocycles. The number of nitrogens with zero attached hydrogens (tertiary/aromatic N) is 2. The fourth-order valence-electron chi connectivity index (χ4n) is 4.18. The Morgan fingerprint density at radius 1 is 0.862 bits per heavy atom. The van der Waals surface area contributed by atoms with Crippen molar-refractivity contribution in [3.8, 4) is 11.1 Å². The number of pyridine rings is 1. The summed E-state index contributed by atoms with van der Waals surface area (Å²) in [5, 5.41) is 1.17. The highest BCUT2D eigenvalue weighted by Crippen LogP contribution is 2.36. The predicted molar refractivity (Wildman–Crippen MR) is 122 cm³/mol. The van der Waals surface area contributed by atoms with Crippen LogP contribution < -0.4 is 4.90 Å². The van der Waals surface area contributed by atoms with Crippen molar-refractivity contribution in [2.24, 2.45) is 0 Å². The first-order chi connectivity index (χ1) is 14.0. The molecule has 0 amide bonds. The van der Waals surface area contributed by atoms with Crippen molar-refractivity contribution in [3.05, 3.63) is 58.8 Å². The lowest BCUT2D eigenvalue weighted by Gasteiger charge is -2.26. The van der Waals surface area contributed by atoms with Crippen molar-refractivity contribution in [3.63, 3.8) is 0 Å². The summed E-state index contributed by atoms with van der Waals surface area (Å²) < 4.78 is 10.7. The standard InChI is InChI=1S/C25H32N2O2/c1-17-14-18(2)24(19(3)15-17)22-9-7-8-21-23(16-20(4)26-25(21)22)27(10-12-28-5)11-13-29-6/h7-9,14-16H,10-13H2,1-6H3. The van der Waals surface area contributed by atoms with Gasteiger partial charge in [0.2, 0.25) is 0 Å². The third-order valence-corrected chi connectivity index (χ3v) is 5.36. The van der Waals surface area contributed by atoms with Gasteiger partial charge in [-0.05, 0) is 50.5 Å².